The van der Waals surface area contributed by atoms with Crippen LogP contribution in [0.1, 0.15) is 30.9 Å². The maximum absolute atomic E-state index is 12.5. The van der Waals surface area contributed by atoms with E-state index in [1.807, 2.05) is 62.4 Å². The highest BCUT2D eigenvalue weighted by atomic mass is 79.9. The van der Waals surface area contributed by atoms with Crippen molar-refractivity contribution in [2.24, 2.45) is 0 Å². The van der Waals surface area contributed by atoms with Crippen molar-refractivity contribution in [3.05, 3.63) is 68.6 Å². The van der Waals surface area contributed by atoms with Crippen molar-refractivity contribution >= 4 is 37.8 Å². The minimum atomic E-state index is -0.409. The molecule has 0 radical (unpaired) electrons. The number of carbonyl (C=O) groups is 1. The first-order valence-corrected chi connectivity index (χ1v) is 8.27. The van der Waals surface area contributed by atoms with Gasteiger partial charge in [-0.2, -0.15) is 0 Å². The lowest BCUT2D eigenvalue weighted by Gasteiger charge is -2.19. The smallest absolute Gasteiger partial charge is 0.318 e. The van der Waals surface area contributed by atoms with Crippen molar-refractivity contribution in [2.45, 2.75) is 25.9 Å². The largest absolute Gasteiger partial charge is 0.462 e. The van der Waals surface area contributed by atoms with Gasteiger partial charge in [0.05, 0.1) is 6.10 Å². The summed E-state index contributed by atoms with van der Waals surface area (Å²) in [5, 5.41) is 0. The van der Waals surface area contributed by atoms with E-state index in [9.17, 15) is 4.79 Å². The first kappa shape index (κ1) is 16.2. The van der Waals surface area contributed by atoms with Crippen molar-refractivity contribution in [2.75, 3.05) is 0 Å². The Morgan fingerprint density at radius 3 is 1.57 bits per heavy atom. The molecule has 0 unspecified atom stereocenters. The quantitative estimate of drug-likeness (QED) is 0.638. The van der Waals surface area contributed by atoms with E-state index in [1.54, 1.807) is 0 Å². The van der Waals surface area contributed by atoms with E-state index in [2.05, 4.69) is 31.9 Å². The van der Waals surface area contributed by atoms with E-state index < -0.39 is 5.92 Å². The molecule has 2 rings (SSSR count). The van der Waals surface area contributed by atoms with Crippen LogP contribution in [0.25, 0.3) is 0 Å². The predicted octanol–water partition coefficient (Wildman–Crippen LogP) is 5.30. The fourth-order valence-corrected chi connectivity index (χ4v) is 2.60. The Labute approximate surface area is 141 Å². The number of hydrogen-bond acceptors (Lipinski definition) is 2. The number of esters is 1. The van der Waals surface area contributed by atoms with E-state index in [0.717, 1.165) is 20.1 Å². The van der Waals surface area contributed by atoms with Crippen LogP contribution >= 0.6 is 31.9 Å². The van der Waals surface area contributed by atoms with Gasteiger partial charge in [-0.3, -0.25) is 4.79 Å². The summed E-state index contributed by atoms with van der Waals surface area (Å²) in [6.45, 7) is 3.72. The minimum absolute atomic E-state index is 0.133. The van der Waals surface area contributed by atoms with Crippen molar-refractivity contribution < 1.29 is 9.53 Å². The number of ether oxygens (including phenoxy) is 1. The van der Waals surface area contributed by atoms with Crippen LogP contribution in [0.5, 0.6) is 0 Å². The van der Waals surface area contributed by atoms with E-state index in [0.29, 0.717) is 0 Å². The molecule has 0 heterocycles. The van der Waals surface area contributed by atoms with Gasteiger partial charge in [-0.25, -0.2) is 0 Å². The van der Waals surface area contributed by atoms with Crippen molar-refractivity contribution in [1.29, 1.82) is 0 Å². The van der Waals surface area contributed by atoms with E-state index in [4.69, 9.17) is 4.74 Å². The molecule has 110 valence electrons. The molecule has 21 heavy (non-hydrogen) atoms. The van der Waals surface area contributed by atoms with Crippen LogP contribution in [0.15, 0.2) is 57.5 Å². The van der Waals surface area contributed by atoms with Crippen LogP contribution in [0.3, 0.4) is 0 Å². The maximum atomic E-state index is 12.5. The lowest BCUT2D eigenvalue weighted by atomic mass is 9.91. The molecule has 2 aromatic rings. The number of carbonyl (C=O) groups excluding carboxylic acids is 1. The van der Waals surface area contributed by atoms with Gasteiger partial charge < -0.3 is 4.74 Å². The van der Waals surface area contributed by atoms with Gasteiger partial charge >= 0.3 is 5.97 Å². The van der Waals surface area contributed by atoms with E-state index in [-0.39, 0.29) is 12.1 Å². The zero-order valence-corrected chi connectivity index (χ0v) is 15.0. The van der Waals surface area contributed by atoms with Crippen LogP contribution in [-0.4, -0.2) is 12.1 Å². The van der Waals surface area contributed by atoms with Gasteiger partial charge in [0.2, 0.25) is 0 Å². The SMILES string of the molecule is CC(C)OC(=O)C(c1ccc(Br)cc1)c1ccc(Br)cc1. The first-order chi connectivity index (χ1) is 9.97. The summed E-state index contributed by atoms with van der Waals surface area (Å²) < 4.78 is 7.39. The predicted molar refractivity (Wildman–Crippen MR) is 91.4 cm³/mol. The van der Waals surface area contributed by atoms with Crippen LogP contribution < -0.4 is 0 Å². The fourth-order valence-electron chi connectivity index (χ4n) is 2.08. The number of rotatable bonds is 4. The molecular formula is C17H16Br2O2. The fraction of sp³-hybridized carbons (Fsp3) is 0.235. The average molecular weight is 412 g/mol. The van der Waals surface area contributed by atoms with Crippen molar-refractivity contribution in [1.82, 2.24) is 0 Å². The molecule has 0 atom stereocenters. The zero-order valence-electron chi connectivity index (χ0n) is 11.8. The van der Waals surface area contributed by atoms with Gasteiger partial charge in [-0.05, 0) is 49.2 Å². The third-order valence-electron chi connectivity index (χ3n) is 2.99. The third-order valence-corrected chi connectivity index (χ3v) is 4.05. The monoisotopic (exact) mass is 410 g/mol. The van der Waals surface area contributed by atoms with Crippen LogP contribution in [0.2, 0.25) is 0 Å². The highest BCUT2D eigenvalue weighted by molar-refractivity contribution is 9.10. The molecule has 2 aromatic carbocycles. The van der Waals surface area contributed by atoms with Crippen LogP contribution in [-0.2, 0) is 9.53 Å². The molecule has 0 amide bonds. The van der Waals surface area contributed by atoms with E-state index >= 15 is 0 Å². The minimum Gasteiger partial charge on any atom is -0.462 e. The van der Waals surface area contributed by atoms with Crippen molar-refractivity contribution in [3.63, 3.8) is 0 Å². The van der Waals surface area contributed by atoms with Gasteiger partial charge in [-0.15, -0.1) is 0 Å². The molecule has 0 aliphatic rings. The molecule has 2 nitrogen and oxygen atoms in total. The first-order valence-electron chi connectivity index (χ1n) is 6.69. The molecule has 0 aromatic heterocycles. The second-order valence-corrected chi connectivity index (χ2v) is 6.85. The number of hydrogen-bond donors (Lipinski definition) is 0. The second kappa shape index (κ2) is 7.23. The zero-order chi connectivity index (χ0) is 15.4. The summed E-state index contributed by atoms with van der Waals surface area (Å²) in [5.74, 6) is -0.636. The lowest BCUT2D eigenvalue weighted by molar-refractivity contribution is -0.148. The highest BCUT2D eigenvalue weighted by Gasteiger charge is 2.25. The normalized spacial score (nSPS) is 11.0. The van der Waals surface area contributed by atoms with Gasteiger partial charge in [-0.1, -0.05) is 56.1 Å². The van der Waals surface area contributed by atoms with Crippen LogP contribution in [0.4, 0.5) is 0 Å². The standard InChI is InChI=1S/C17H16Br2O2/c1-11(2)21-17(20)16(12-3-7-14(18)8-4-12)13-5-9-15(19)10-6-13/h3-11,16H,1-2H3. The topological polar surface area (TPSA) is 26.3 Å². The molecule has 0 aliphatic carbocycles. The average Bonchev–Trinajstić information content (AvgIpc) is 2.42. The Balaban J connectivity index is 2.40. The van der Waals surface area contributed by atoms with Crippen LogP contribution in [0, 0.1) is 0 Å². The molecule has 0 spiro atoms. The summed E-state index contributed by atoms with van der Waals surface area (Å²) in [5.41, 5.74) is 1.84. The molecule has 0 N–H and O–H groups in total. The Kier molecular flexibility index (Phi) is 5.59. The highest BCUT2D eigenvalue weighted by Crippen LogP contribution is 2.28. The number of benzene rings is 2. The lowest BCUT2D eigenvalue weighted by Crippen LogP contribution is -2.20. The Hall–Kier alpha value is -1.13. The Bertz CT molecular complexity index is 558. The summed E-state index contributed by atoms with van der Waals surface area (Å²) >= 11 is 6.83. The van der Waals surface area contributed by atoms with E-state index in [1.165, 1.54) is 0 Å². The van der Waals surface area contributed by atoms with Crippen molar-refractivity contribution in [3.8, 4) is 0 Å². The molecule has 0 fully saturated rings. The molecule has 4 heteroatoms. The van der Waals surface area contributed by atoms with Gasteiger partial charge in [0.15, 0.2) is 0 Å². The van der Waals surface area contributed by atoms with Gasteiger partial charge in [0.25, 0.3) is 0 Å². The molecule has 0 saturated carbocycles. The molecule has 0 bridgehead atoms. The Morgan fingerprint density at radius 2 is 1.24 bits per heavy atom. The summed E-state index contributed by atoms with van der Waals surface area (Å²) in [6.07, 6.45) is -0.133. The third kappa shape index (κ3) is 4.42. The summed E-state index contributed by atoms with van der Waals surface area (Å²) in [6, 6.07) is 15.5. The van der Waals surface area contributed by atoms with Gasteiger partial charge in [0, 0.05) is 8.95 Å². The Morgan fingerprint density at radius 1 is 0.857 bits per heavy atom. The molecule has 0 aliphatic heterocycles. The number of halogens is 2. The second-order valence-electron chi connectivity index (χ2n) is 5.02. The maximum Gasteiger partial charge on any atom is 0.318 e. The molecular weight excluding hydrogens is 396 g/mol. The summed E-state index contributed by atoms with van der Waals surface area (Å²) in [7, 11) is 0. The van der Waals surface area contributed by atoms with Gasteiger partial charge in [0.1, 0.15) is 5.92 Å². The molecule has 0 saturated heterocycles. The summed E-state index contributed by atoms with van der Waals surface area (Å²) in [4.78, 5) is 12.5.